The second kappa shape index (κ2) is 5.07. The van der Waals surface area contributed by atoms with Crippen LogP contribution < -0.4 is 0 Å². The summed E-state index contributed by atoms with van der Waals surface area (Å²) < 4.78 is 0. The monoisotopic (exact) mass is 225 g/mol. The molecule has 0 fully saturated rings. The molecular formula is C14H11NO2. The van der Waals surface area contributed by atoms with Gasteiger partial charge in [-0.15, -0.1) is 0 Å². The molecular weight excluding hydrogens is 214 g/mol. The second-order valence-corrected chi connectivity index (χ2v) is 3.51. The summed E-state index contributed by atoms with van der Waals surface area (Å²) in [6, 6.07) is 17.4. The van der Waals surface area contributed by atoms with Crippen molar-refractivity contribution in [3.8, 4) is 11.1 Å². The summed E-state index contributed by atoms with van der Waals surface area (Å²) in [6.07, 6.45) is 0.886. The van der Waals surface area contributed by atoms with Gasteiger partial charge in [-0.2, -0.15) is 0 Å². The van der Waals surface area contributed by atoms with Gasteiger partial charge in [-0.25, -0.2) is 9.79 Å². The van der Waals surface area contributed by atoms with E-state index in [0.717, 1.165) is 17.3 Å². The largest absolute Gasteiger partial charge is 0.477 e. The Kier molecular flexibility index (Phi) is 3.31. The molecule has 0 bridgehead atoms. The van der Waals surface area contributed by atoms with E-state index in [2.05, 4.69) is 4.99 Å². The Morgan fingerprint density at radius 1 is 0.941 bits per heavy atom. The Hall–Kier alpha value is -2.42. The van der Waals surface area contributed by atoms with Crippen LogP contribution in [0.1, 0.15) is 0 Å². The van der Waals surface area contributed by atoms with E-state index < -0.39 is 5.97 Å². The van der Waals surface area contributed by atoms with Gasteiger partial charge in [0.1, 0.15) is 6.21 Å². The minimum atomic E-state index is -1.04. The van der Waals surface area contributed by atoms with Gasteiger partial charge in [0.05, 0.1) is 5.69 Å². The summed E-state index contributed by atoms with van der Waals surface area (Å²) >= 11 is 0. The summed E-state index contributed by atoms with van der Waals surface area (Å²) in [5.74, 6) is -1.04. The van der Waals surface area contributed by atoms with Crippen LogP contribution in [0.15, 0.2) is 59.6 Å². The normalized spacial score (nSPS) is 10.6. The van der Waals surface area contributed by atoms with Crippen LogP contribution in [0.2, 0.25) is 0 Å². The Labute approximate surface area is 99.1 Å². The van der Waals surface area contributed by atoms with Crippen LogP contribution in [-0.2, 0) is 4.79 Å². The van der Waals surface area contributed by atoms with Crippen molar-refractivity contribution in [2.75, 3.05) is 0 Å². The van der Waals surface area contributed by atoms with Crippen LogP contribution in [0.25, 0.3) is 11.1 Å². The van der Waals surface area contributed by atoms with Crippen molar-refractivity contribution in [2.45, 2.75) is 0 Å². The molecule has 17 heavy (non-hydrogen) atoms. The Morgan fingerprint density at radius 2 is 1.53 bits per heavy atom. The lowest BCUT2D eigenvalue weighted by atomic mass is 10.1. The van der Waals surface area contributed by atoms with Crippen molar-refractivity contribution < 1.29 is 9.90 Å². The van der Waals surface area contributed by atoms with Gasteiger partial charge in [-0.05, 0) is 23.3 Å². The zero-order chi connectivity index (χ0) is 12.1. The lowest BCUT2D eigenvalue weighted by Gasteiger charge is -2.01. The molecule has 0 radical (unpaired) electrons. The molecule has 0 unspecified atom stereocenters. The SMILES string of the molecule is O=C(O)C=Nc1ccc(-c2ccccc2)cc1. The number of hydrogen-bond donors (Lipinski definition) is 1. The van der Waals surface area contributed by atoms with Crippen LogP contribution in [0.5, 0.6) is 0 Å². The molecule has 2 aromatic carbocycles. The molecule has 84 valence electrons. The highest BCUT2D eigenvalue weighted by Crippen LogP contribution is 2.21. The van der Waals surface area contributed by atoms with Crippen LogP contribution in [0.3, 0.4) is 0 Å². The van der Waals surface area contributed by atoms with E-state index in [1.54, 1.807) is 12.1 Å². The summed E-state index contributed by atoms with van der Waals surface area (Å²) in [5.41, 5.74) is 2.84. The first kappa shape index (κ1) is 11.1. The highest BCUT2D eigenvalue weighted by atomic mass is 16.4. The topological polar surface area (TPSA) is 49.7 Å². The quantitative estimate of drug-likeness (QED) is 0.816. The van der Waals surface area contributed by atoms with E-state index in [0.29, 0.717) is 5.69 Å². The number of carbonyl (C=O) groups is 1. The molecule has 0 aliphatic heterocycles. The molecule has 0 spiro atoms. The van der Waals surface area contributed by atoms with E-state index >= 15 is 0 Å². The minimum Gasteiger partial charge on any atom is -0.477 e. The van der Waals surface area contributed by atoms with Crippen molar-refractivity contribution in [3.05, 3.63) is 54.6 Å². The minimum absolute atomic E-state index is 0.632. The molecule has 3 nitrogen and oxygen atoms in total. The first-order valence-corrected chi connectivity index (χ1v) is 5.18. The van der Waals surface area contributed by atoms with E-state index in [-0.39, 0.29) is 0 Å². The number of rotatable bonds is 3. The van der Waals surface area contributed by atoms with Gasteiger partial charge < -0.3 is 5.11 Å². The number of carboxylic acids is 1. The van der Waals surface area contributed by atoms with Crippen LogP contribution >= 0.6 is 0 Å². The maximum Gasteiger partial charge on any atom is 0.346 e. The predicted octanol–water partition coefficient (Wildman–Crippen LogP) is 3.14. The number of benzene rings is 2. The molecule has 3 heteroatoms. The van der Waals surface area contributed by atoms with Gasteiger partial charge in [-0.3, -0.25) is 0 Å². The molecule has 1 N–H and O–H groups in total. The van der Waals surface area contributed by atoms with Gasteiger partial charge in [-0.1, -0.05) is 42.5 Å². The third kappa shape index (κ3) is 3.01. The molecule has 0 amide bonds. The van der Waals surface area contributed by atoms with Gasteiger partial charge in [0.2, 0.25) is 0 Å². The van der Waals surface area contributed by atoms with E-state index in [1.165, 1.54) is 0 Å². The van der Waals surface area contributed by atoms with Crippen LogP contribution in [0.4, 0.5) is 5.69 Å². The van der Waals surface area contributed by atoms with Gasteiger partial charge in [0.15, 0.2) is 0 Å². The van der Waals surface area contributed by atoms with Gasteiger partial charge >= 0.3 is 5.97 Å². The first-order chi connectivity index (χ1) is 8.25. The fourth-order valence-corrected chi connectivity index (χ4v) is 1.50. The predicted molar refractivity (Wildman–Crippen MR) is 67.7 cm³/mol. The molecule has 0 saturated heterocycles. The van der Waals surface area contributed by atoms with Crippen LogP contribution in [0, 0.1) is 0 Å². The van der Waals surface area contributed by atoms with E-state index in [1.807, 2.05) is 42.5 Å². The number of aliphatic carboxylic acids is 1. The average molecular weight is 225 g/mol. The molecule has 0 aliphatic carbocycles. The zero-order valence-corrected chi connectivity index (χ0v) is 9.08. The van der Waals surface area contributed by atoms with Crippen molar-refractivity contribution in [2.24, 2.45) is 4.99 Å². The van der Waals surface area contributed by atoms with Crippen molar-refractivity contribution >= 4 is 17.9 Å². The molecule has 0 heterocycles. The number of aliphatic imine (C=N–C) groups is 1. The molecule has 2 aromatic rings. The third-order valence-electron chi connectivity index (χ3n) is 2.30. The molecule has 0 aliphatic rings. The molecule has 0 saturated carbocycles. The molecule has 2 rings (SSSR count). The Bertz CT molecular complexity index is 530. The lowest BCUT2D eigenvalue weighted by Crippen LogP contribution is -1.93. The third-order valence-corrected chi connectivity index (χ3v) is 2.30. The summed E-state index contributed by atoms with van der Waals surface area (Å²) in [7, 11) is 0. The van der Waals surface area contributed by atoms with Crippen LogP contribution in [-0.4, -0.2) is 17.3 Å². The fraction of sp³-hybridized carbons (Fsp3) is 0. The zero-order valence-electron chi connectivity index (χ0n) is 9.08. The standard InChI is InChI=1S/C14H11NO2/c16-14(17)10-15-13-8-6-12(7-9-13)11-4-2-1-3-5-11/h1-10H,(H,16,17). The number of carboxylic acid groups (broad SMARTS) is 1. The van der Waals surface area contributed by atoms with Crippen molar-refractivity contribution in [3.63, 3.8) is 0 Å². The second-order valence-electron chi connectivity index (χ2n) is 3.51. The van der Waals surface area contributed by atoms with Gasteiger partial charge in [0, 0.05) is 0 Å². The van der Waals surface area contributed by atoms with E-state index in [4.69, 9.17) is 5.11 Å². The van der Waals surface area contributed by atoms with E-state index in [9.17, 15) is 4.79 Å². The smallest absolute Gasteiger partial charge is 0.346 e. The number of nitrogens with zero attached hydrogens (tertiary/aromatic N) is 1. The molecule has 0 atom stereocenters. The maximum absolute atomic E-state index is 10.3. The highest BCUT2D eigenvalue weighted by Gasteiger charge is 1.96. The van der Waals surface area contributed by atoms with Gasteiger partial charge in [0.25, 0.3) is 0 Å². The van der Waals surface area contributed by atoms with Crippen molar-refractivity contribution in [1.82, 2.24) is 0 Å². The summed E-state index contributed by atoms with van der Waals surface area (Å²) in [6.45, 7) is 0. The summed E-state index contributed by atoms with van der Waals surface area (Å²) in [4.78, 5) is 14.1. The fourth-order valence-electron chi connectivity index (χ4n) is 1.50. The average Bonchev–Trinajstić information content (AvgIpc) is 2.38. The summed E-state index contributed by atoms with van der Waals surface area (Å²) in [5, 5.41) is 8.46. The maximum atomic E-state index is 10.3. The Balaban J connectivity index is 2.22. The number of hydrogen-bond acceptors (Lipinski definition) is 2. The molecule has 0 aromatic heterocycles. The first-order valence-electron chi connectivity index (χ1n) is 5.18. The lowest BCUT2D eigenvalue weighted by molar-refractivity contribution is -0.128. The Morgan fingerprint density at radius 3 is 2.12 bits per heavy atom. The highest BCUT2D eigenvalue weighted by molar-refractivity contribution is 6.22. The van der Waals surface area contributed by atoms with Crippen molar-refractivity contribution in [1.29, 1.82) is 0 Å².